The van der Waals surface area contributed by atoms with Gasteiger partial charge >= 0.3 is 0 Å². The average Bonchev–Trinajstić information content (AvgIpc) is 3.03. The summed E-state index contributed by atoms with van der Waals surface area (Å²) >= 11 is 0. The van der Waals surface area contributed by atoms with Gasteiger partial charge in [0, 0.05) is 40.3 Å². The van der Waals surface area contributed by atoms with E-state index in [9.17, 15) is 21.6 Å². The van der Waals surface area contributed by atoms with Crippen LogP contribution in [0.1, 0.15) is 12.8 Å². The second-order valence-corrected chi connectivity index (χ2v) is 12.0. The topological polar surface area (TPSA) is 98.3 Å². The fourth-order valence-electron chi connectivity index (χ4n) is 3.63. The molecular weight excluding hydrogens is 380 g/mol. The predicted octanol–water partition coefficient (Wildman–Crippen LogP) is -1.51. The highest BCUT2D eigenvalue weighted by atomic mass is 32.2. The first-order valence-electron chi connectivity index (χ1n) is 8.70. The molecular formula is C15H30N4O5S2. The molecule has 0 saturated carbocycles. The summed E-state index contributed by atoms with van der Waals surface area (Å²) in [5.74, 6) is 0.369. The van der Waals surface area contributed by atoms with Crippen LogP contribution in [0.3, 0.4) is 0 Å². The van der Waals surface area contributed by atoms with Crippen molar-refractivity contribution in [1.29, 1.82) is 0 Å². The van der Waals surface area contributed by atoms with Gasteiger partial charge in [-0.25, -0.2) is 36.9 Å². The summed E-state index contributed by atoms with van der Waals surface area (Å²) < 4.78 is 47.0. The largest absolute Gasteiger partial charge is 0.297 e. The van der Waals surface area contributed by atoms with Crippen molar-refractivity contribution in [3.8, 4) is 0 Å². The number of carbonyl (C=O) groups excluding carboxylic acids is 1. The van der Waals surface area contributed by atoms with Crippen molar-refractivity contribution in [3.05, 3.63) is 0 Å². The number of hydrogen-bond donors (Lipinski definition) is 0. The summed E-state index contributed by atoms with van der Waals surface area (Å²) in [4.78, 5) is 12.7. The molecule has 2 heterocycles. The minimum absolute atomic E-state index is 0.0662. The molecule has 2 saturated heterocycles. The van der Waals surface area contributed by atoms with E-state index in [1.165, 1.54) is 0 Å². The smallest absolute Gasteiger partial charge is 0.163 e. The molecule has 2 atom stereocenters. The fourth-order valence-corrected chi connectivity index (χ4v) is 7.07. The molecule has 0 unspecified atom stereocenters. The molecule has 9 nitrogen and oxygen atoms in total. The highest BCUT2D eigenvalue weighted by Gasteiger charge is 2.36. The molecule has 0 N–H and O–H groups in total. The Morgan fingerprint density at radius 2 is 1.12 bits per heavy atom. The van der Waals surface area contributed by atoms with Crippen molar-refractivity contribution in [1.82, 2.24) is 20.0 Å². The summed E-state index contributed by atoms with van der Waals surface area (Å²) in [6, 6.07) is -0.391. The fraction of sp³-hybridized carbons (Fsp3) is 0.933. The molecule has 2 fully saturated rings. The Bertz CT molecular complexity index is 660. The van der Waals surface area contributed by atoms with Crippen LogP contribution in [0.5, 0.6) is 0 Å². The maximum Gasteiger partial charge on any atom is 0.163 e. The monoisotopic (exact) mass is 410 g/mol. The van der Waals surface area contributed by atoms with E-state index in [1.807, 2.05) is 0 Å². The molecule has 26 heavy (non-hydrogen) atoms. The molecule has 2 rings (SSSR count). The second kappa shape index (κ2) is 8.19. The van der Waals surface area contributed by atoms with E-state index in [0.29, 0.717) is 12.8 Å². The Kier molecular flexibility index (Phi) is 6.84. The van der Waals surface area contributed by atoms with E-state index >= 15 is 0 Å². The summed E-state index contributed by atoms with van der Waals surface area (Å²) in [6.45, 7) is 0.216. The summed E-state index contributed by atoms with van der Waals surface area (Å²) in [5.41, 5.74) is 0. The SMILES string of the molecule is CN(C)N(CC(=O)CN([C@H]1CCS(=O)(=O)C1)N(C)C)[C@H]1CCS(=O)(=O)C1. The van der Waals surface area contributed by atoms with Gasteiger partial charge in [-0.15, -0.1) is 0 Å². The van der Waals surface area contributed by atoms with Gasteiger partial charge in [-0.05, 0) is 12.8 Å². The van der Waals surface area contributed by atoms with Crippen LogP contribution >= 0.6 is 0 Å². The highest BCUT2D eigenvalue weighted by molar-refractivity contribution is 7.91. The zero-order chi connectivity index (χ0) is 19.7. The van der Waals surface area contributed by atoms with Crippen molar-refractivity contribution in [2.45, 2.75) is 24.9 Å². The van der Waals surface area contributed by atoms with Gasteiger partial charge in [0.25, 0.3) is 0 Å². The van der Waals surface area contributed by atoms with Gasteiger partial charge in [0.2, 0.25) is 0 Å². The number of Topliss-reactive ketones (excluding diaryl/α,β-unsaturated/α-hetero) is 1. The lowest BCUT2D eigenvalue weighted by Gasteiger charge is -2.36. The number of sulfone groups is 2. The standard InChI is InChI=1S/C15H30N4O5S2/c1-16(2)18(13-5-7-25(21,22)11-13)9-15(20)10-19(17(3)4)14-6-8-26(23,24)12-14/h13-14H,5-12H2,1-4H3/t13-,14-/m0/s1. The normalized spacial score (nSPS) is 27.8. The number of rotatable bonds is 8. The van der Waals surface area contributed by atoms with Crippen LogP contribution in [0.15, 0.2) is 0 Å². The van der Waals surface area contributed by atoms with E-state index in [0.717, 1.165) is 0 Å². The molecule has 0 bridgehead atoms. The molecule has 2 aliphatic rings. The Labute approximate surface area is 156 Å². The lowest BCUT2D eigenvalue weighted by molar-refractivity contribution is -0.132. The third-order valence-corrected chi connectivity index (χ3v) is 8.46. The van der Waals surface area contributed by atoms with Gasteiger partial charge in [-0.1, -0.05) is 0 Å². The van der Waals surface area contributed by atoms with Crippen molar-refractivity contribution in [2.75, 3.05) is 64.3 Å². The lowest BCUT2D eigenvalue weighted by Crippen LogP contribution is -2.52. The molecule has 0 aliphatic carbocycles. The van der Waals surface area contributed by atoms with E-state index in [-0.39, 0.29) is 54.0 Å². The first kappa shape index (κ1) is 21.7. The van der Waals surface area contributed by atoms with Crippen molar-refractivity contribution < 1.29 is 21.6 Å². The van der Waals surface area contributed by atoms with Crippen LogP contribution in [-0.4, -0.2) is 119 Å². The van der Waals surface area contributed by atoms with Crippen molar-refractivity contribution >= 4 is 25.5 Å². The minimum Gasteiger partial charge on any atom is -0.297 e. The zero-order valence-electron chi connectivity index (χ0n) is 16.0. The first-order chi connectivity index (χ1) is 11.9. The Hall–Kier alpha value is -0.590. The van der Waals surface area contributed by atoms with Crippen LogP contribution in [0.4, 0.5) is 0 Å². The van der Waals surface area contributed by atoms with E-state index < -0.39 is 19.7 Å². The van der Waals surface area contributed by atoms with Gasteiger partial charge in [0.1, 0.15) is 0 Å². The number of carbonyl (C=O) groups is 1. The molecule has 11 heteroatoms. The molecule has 152 valence electrons. The minimum atomic E-state index is -3.04. The van der Waals surface area contributed by atoms with Crippen LogP contribution in [0.2, 0.25) is 0 Å². The maximum atomic E-state index is 12.7. The van der Waals surface area contributed by atoms with Crippen LogP contribution in [0, 0.1) is 0 Å². The number of ketones is 1. The Balaban J connectivity index is 2.02. The quantitative estimate of drug-likeness (QED) is 0.442. The van der Waals surface area contributed by atoms with E-state index in [1.54, 1.807) is 48.2 Å². The molecule has 0 aromatic rings. The molecule has 0 amide bonds. The van der Waals surface area contributed by atoms with Crippen LogP contribution in [-0.2, 0) is 24.5 Å². The molecule has 0 aromatic carbocycles. The van der Waals surface area contributed by atoms with Gasteiger partial charge in [0.05, 0.1) is 36.1 Å². The Morgan fingerprint density at radius 3 is 1.35 bits per heavy atom. The number of nitrogens with zero attached hydrogens (tertiary/aromatic N) is 4. The van der Waals surface area contributed by atoms with Crippen LogP contribution in [0.25, 0.3) is 0 Å². The third-order valence-electron chi connectivity index (χ3n) is 4.96. The van der Waals surface area contributed by atoms with Gasteiger partial charge in [-0.3, -0.25) is 4.79 Å². The summed E-state index contributed by atoms with van der Waals surface area (Å²) in [7, 11) is 1.11. The van der Waals surface area contributed by atoms with Gasteiger partial charge in [0.15, 0.2) is 25.5 Å². The number of hydrogen-bond acceptors (Lipinski definition) is 9. The predicted molar refractivity (Wildman–Crippen MR) is 99.9 cm³/mol. The summed E-state index contributed by atoms with van der Waals surface area (Å²) in [6.07, 6.45) is 1.04. The van der Waals surface area contributed by atoms with Crippen molar-refractivity contribution in [2.24, 2.45) is 0 Å². The first-order valence-corrected chi connectivity index (χ1v) is 12.3. The van der Waals surface area contributed by atoms with Gasteiger partial charge in [-0.2, -0.15) is 0 Å². The van der Waals surface area contributed by atoms with E-state index in [4.69, 9.17) is 0 Å². The molecule has 0 spiro atoms. The van der Waals surface area contributed by atoms with E-state index in [2.05, 4.69) is 0 Å². The van der Waals surface area contributed by atoms with Gasteiger partial charge < -0.3 is 0 Å². The lowest BCUT2D eigenvalue weighted by atomic mass is 10.2. The van der Waals surface area contributed by atoms with Crippen molar-refractivity contribution in [3.63, 3.8) is 0 Å². The highest BCUT2D eigenvalue weighted by Crippen LogP contribution is 2.20. The maximum absolute atomic E-state index is 12.7. The zero-order valence-corrected chi connectivity index (χ0v) is 17.6. The third kappa shape index (κ3) is 5.70. The number of hydrazine groups is 2. The Morgan fingerprint density at radius 1 is 0.769 bits per heavy atom. The molecule has 2 aliphatic heterocycles. The van der Waals surface area contributed by atoms with Crippen LogP contribution < -0.4 is 0 Å². The molecule has 0 aromatic heterocycles. The molecule has 0 radical (unpaired) electrons. The second-order valence-electron chi connectivity index (χ2n) is 7.54. The average molecular weight is 411 g/mol. The summed E-state index contributed by atoms with van der Waals surface area (Å²) in [5, 5.41) is 7.13.